The van der Waals surface area contributed by atoms with Crippen LogP contribution in [0.1, 0.15) is 5.56 Å². The average Bonchev–Trinajstić information content (AvgIpc) is 2.39. The Labute approximate surface area is 101 Å². The third-order valence-corrected chi connectivity index (χ3v) is 2.73. The van der Waals surface area contributed by atoms with Gasteiger partial charge in [-0.05, 0) is 6.07 Å². The highest BCUT2D eigenvalue weighted by molar-refractivity contribution is 5.25. The van der Waals surface area contributed by atoms with Crippen molar-refractivity contribution >= 4 is 0 Å². The van der Waals surface area contributed by atoms with E-state index in [0.29, 0.717) is 19.0 Å². The van der Waals surface area contributed by atoms with Gasteiger partial charge in [-0.2, -0.15) is 5.26 Å². The monoisotopic (exact) mass is 233 g/mol. The van der Waals surface area contributed by atoms with E-state index in [-0.39, 0.29) is 6.10 Å². The summed E-state index contributed by atoms with van der Waals surface area (Å²) < 4.78 is 10.5. The quantitative estimate of drug-likeness (QED) is 0.773. The molecular formula is C12H15N3O2. The number of nitrogens with zero attached hydrogens (tertiary/aromatic N) is 3. The van der Waals surface area contributed by atoms with Crippen LogP contribution in [0.4, 0.5) is 0 Å². The third-order valence-electron chi connectivity index (χ3n) is 2.73. The van der Waals surface area contributed by atoms with E-state index in [2.05, 4.69) is 16.0 Å². The molecule has 17 heavy (non-hydrogen) atoms. The normalized spacial score (nSPS) is 20.8. The van der Waals surface area contributed by atoms with E-state index in [0.717, 1.165) is 18.7 Å². The zero-order valence-corrected chi connectivity index (χ0v) is 9.80. The molecule has 2 rings (SSSR count). The van der Waals surface area contributed by atoms with E-state index in [1.54, 1.807) is 13.3 Å². The first-order valence-corrected chi connectivity index (χ1v) is 5.55. The summed E-state index contributed by atoms with van der Waals surface area (Å²) in [6, 6.07) is 6.02. The van der Waals surface area contributed by atoms with E-state index in [1.165, 1.54) is 0 Å². The maximum atomic E-state index is 8.84. The molecule has 1 aliphatic rings. The van der Waals surface area contributed by atoms with Gasteiger partial charge >= 0.3 is 0 Å². The minimum Gasteiger partial charge on any atom is -0.481 e. The number of hydrogen-bond donors (Lipinski definition) is 0. The molecule has 0 radical (unpaired) electrons. The first kappa shape index (κ1) is 11.8. The number of nitriles is 1. The number of pyridine rings is 1. The number of hydrogen-bond acceptors (Lipinski definition) is 5. The van der Waals surface area contributed by atoms with Gasteiger partial charge in [0.25, 0.3) is 0 Å². The summed E-state index contributed by atoms with van der Waals surface area (Å²) in [5.41, 5.74) is 1.04. The predicted octanol–water partition coefficient (Wildman–Crippen LogP) is 0.815. The van der Waals surface area contributed by atoms with Crippen molar-refractivity contribution in [2.75, 3.05) is 26.8 Å². The molecule has 1 aromatic heterocycles. The molecule has 0 amide bonds. The molecule has 0 aromatic carbocycles. The van der Waals surface area contributed by atoms with Crippen molar-refractivity contribution in [1.29, 1.82) is 5.26 Å². The summed E-state index contributed by atoms with van der Waals surface area (Å²) in [5, 5.41) is 8.84. The maximum absolute atomic E-state index is 8.84. The number of morpholine rings is 1. The first-order chi connectivity index (χ1) is 8.33. The lowest BCUT2D eigenvalue weighted by Gasteiger charge is -2.29. The van der Waals surface area contributed by atoms with Crippen molar-refractivity contribution < 1.29 is 9.47 Å². The Kier molecular flexibility index (Phi) is 3.91. The molecule has 1 fully saturated rings. The fourth-order valence-electron chi connectivity index (χ4n) is 1.89. The van der Waals surface area contributed by atoms with E-state index in [4.69, 9.17) is 14.7 Å². The van der Waals surface area contributed by atoms with Crippen molar-refractivity contribution in [3.8, 4) is 11.9 Å². The maximum Gasteiger partial charge on any atom is 0.217 e. The Bertz CT molecular complexity index is 416. The van der Waals surface area contributed by atoms with Gasteiger partial charge < -0.3 is 9.47 Å². The number of rotatable bonds is 3. The lowest BCUT2D eigenvalue weighted by Crippen LogP contribution is -2.41. The molecule has 5 nitrogen and oxygen atoms in total. The van der Waals surface area contributed by atoms with Gasteiger partial charge in [0.15, 0.2) is 6.10 Å². The molecule has 1 unspecified atom stereocenters. The number of aromatic nitrogens is 1. The fourth-order valence-corrected chi connectivity index (χ4v) is 1.89. The topological polar surface area (TPSA) is 58.4 Å². The van der Waals surface area contributed by atoms with Crippen LogP contribution in [0.25, 0.3) is 0 Å². The summed E-state index contributed by atoms with van der Waals surface area (Å²) in [7, 11) is 1.61. The fraction of sp³-hybridized carbons (Fsp3) is 0.500. The van der Waals surface area contributed by atoms with Crippen LogP contribution in [0, 0.1) is 11.3 Å². The Morgan fingerprint density at radius 3 is 3.35 bits per heavy atom. The van der Waals surface area contributed by atoms with E-state index < -0.39 is 0 Å². The highest BCUT2D eigenvalue weighted by Crippen LogP contribution is 2.17. The van der Waals surface area contributed by atoms with Crippen molar-refractivity contribution in [3.05, 3.63) is 23.9 Å². The molecule has 1 aromatic rings. The van der Waals surface area contributed by atoms with Gasteiger partial charge in [-0.15, -0.1) is 0 Å². The molecule has 0 bridgehead atoms. The number of methoxy groups -OCH3 is 1. The van der Waals surface area contributed by atoms with Gasteiger partial charge in [0.05, 0.1) is 19.8 Å². The van der Waals surface area contributed by atoms with Crippen LogP contribution < -0.4 is 4.74 Å². The van der Waals surface area contributed by atoms with Crippen LogP contribution in [-0.2, 0) is 11.3 Å². The molecule has 0 spiro atoms. The molecular weight excluding hydrogens is 218 g/mol. The van der Waals surface area contributed by atoms with Crippen LogP contribution >= 0.6 is 0 Å². The molecule has 0 saturated carbocycles. The van der Waals surface area contributed by atoms with Gasteiger partial charge in [-0.1, -0.05) is 6.07 Å². The lowest BCUT2D eigenvalue weighted by atomic mass is 10.2. The summed E-state index contributed by atoms with van der Waals surface area (Å²) in [6.45, 7) is 2.80. The van der Waals surface area contributed by atoms with Gasteiger partial charge in [-0.3, -0.25) is 4.90 Å². The van der Waals surface area contributed by atoms with Crippen LogP contribution in [0.2, 0.25) is 0 Å². The molecule has 0 aliphatic carbocycles. The van der Waals surface area contributed by atoms with Crippen LogP contribution in [0.5, 0.6) is 5.88 Å². The Hall–Kier alpha value is -1.64. The molecule has 90 valence electrons. The molecule has 1 saturated heterocycles. The highest BCUT2D eigenvalue weighted by atomic mass is 16.5. The molecule has 1 aliphatic heterocycles. The zero-order chi connectivity index (χ0) is 12.1. The second-order valence-electron chi connectivity index (χ2n) is 3.90. The van der Waals surface area contributed by atoms with Gasteiger partial charge in [0.1, 0.15) is 0 Å². The third kappa shape index (κ3) is 2.93. The second-order valence-corrected chi connectivity index (χ2v) is 3.90. The minimum atomic E-state index is -0.327. The zero-order valence-electron chi connectivity index (χ0n) is 9.80. The van der Waals surface area contributed by atoms with Crippen molar-refractivity contribution in [2.24, 2.45) is 0 Å². The molecule has 2 heterocycles. The van der Waals surface area contributed by atoms with Crippen LogP contribution in [0.15, 0.2) is 18.3 Å². The molecule has 1 atom stereocenters. The average molecular weight is 233 g/mol. The summed E-state index contributed by atoms with van der Waals surface area (Å²) in [4.78, 5) is 6.33. The second kappa shape index (κ2) is 5.62. The largest absolute Gasteiger partial charge is 0.481 e. The summed E-state index contributed by atoms with van der Waals surface area (Å²) in [6.07, 6.45) is 1.38. The van der Waals surface area contributed by atoms with E-state index in [9.17, 15) is 0 Å². The van der Waals surface area contributed by atoms with E-state index >= 15 is 0 Å². The molecule has 0 N–H and O–H groups in total. The van der Waals surface area contributed by atoms with E-state index in [1.807, 2.05) is 12.1 Å². The SMILES string of the molecule is COc1ncccc1CN1CCOC(C#N)C1. The summed E-state index contributed by atoms with van der Waals surface area (Å²) >= 11 is 0. The summed E-state index contributed by atoms with van der Waals surface area (Å²) in [5.74, 6) is 0.646. The highest BCUT2D eigenvalue weighted by Gasteiger charge is 2.20. The van der Waals surface area contributed by atoms with Gasteiger partial charge in [-0.25, -0.2) is 4.98 Å². The van der Waals surface area contributed by atoms with Crippen molar-refractivity contribution in [2.45, 2.75) is 12.6 Å². The van der Waals surface area contributed by atoms with Gasteiger partial charge in [0.2, 0.25) is 5.88 Å². The van der Waals surface area contributed by atoms with Crippen molar-refractivity contribution in [1.82, 2.24) is 9.88 Å². The Balaban J connectivity index is 2.03. The Morgan fingerprint density at radius 2 is 2.59 bits per heavy atom. The minimum absolute atomic E-state index is 0.327. The van der Waals surface area contributed by atoms with Crippen LogP contribution in [-0.4, -0.2) is 42.8 Å². The van der Waals surface area contributed by atoms with Crippen LogP contribution in [0.3, 0.4) is 0 Å². The number of ether oxygens (including phenoxy) is 2. The van der Waals surface area contributed by atoms with Crippen molar-refractivity contribution in [3.63, 3.8) is 0 Å². The predicted molar refractivity (Wildman–Crippen MR) is 61.4 cm³/mol. The first-order valence-electron chi connectivity index (χ1n) is 5.55. The van der Waals surface area contributed by atoms with Gasteiger partial charge in [0, 0.05) is 31.4 Å². The molecule has 5 heteroatoms. The Morgan fingerprint density at radius 1 is 1.71 bits per heavy atom. The lowest BCUT2D eigenvalue weighted by molar-refractivity contribution is -0.00297. The smallest absolute Gasteiger partial charge is 0.217 e. The standard InChI is InChI=1S/C12H15N3O2/c1-16-12-10(3-2-4-14-12)8-15-5-6-17-11(7-13)9-15/h2-4,11H,5-6,8-9H2,1H3.